The smallest absolute Gasteiger partial charge is 0.0554 e. The maximum Gasteiger partial charge on any atom is 0.0554 e. The first kappa shape index (κ1) is 24.7. The lowest BCUT2D eigenvalue weighted by molar-refractivity contribution is 1.31. The Labute approximate surface area is 265 Å². The minimum absolute atomic E-state index is 1.18. The van der Waals surface area contributed by atoms with Gasteiger partial charge in [-0.2, -0.15) is 0 Å². The van der Waals surface area contributed by atoms with Gasteiger partial charge in [-0.15, -0.1) is 34.0 Å². The Kier molecular flexibility index (Phi) is 5.26. The molecule has 0 saturated carbocycles. The highest BCUT2D eigenvalue weighted by Gasteiger charge is 2.20. The zero-order chi connectivity index (χ0) is 28.8. The fraction of sp³-hybridized carbons (Fsp3) is 0. The van der Waals surface area contributed by atoms with Gasteiger partial charge < -0.3 is 4.90 Å². The molecule has 0 amide bonds. The number of hydrogen-bond acceptors (Lipinski definition) is 4. The second kappa shape index (κ2) is 9.38. The minimum atomic E-state index is 1.18. The summed E-state index contributed by atoms with van der Waals surface area (Å²) in [5, 5.41) is 10.5. The van der Waals surface area contributed by atoms with E-state index in [1.165, 1.54) is 88.4 Å². The highest BCUT2D eigenvalue weighted by atomic mass is 32.1. The molecule has 44 heavy (non-hydrogen) atoms. The average Bonchev–Trinajstić information content (AvgIpc) is 3.75. The minimum Gasteiger partial charge on any atom is -0.310 e. The average molecular weight is 614 g/mol. The molecule has 3 heterocycles. The first-order chi connectivity index (χ1) is 21.8. The molecule has 0 saturated heterocycles. The molecular formula is C40H23NS3. The largest absolute Gasteiger partial charge is 0.310 e. The molecule has 0 radical (unpaired) electrons. The molecule has 0 bridgehead atoms. The van der Waals surface area contributed by atoms with E-state index in [0.717, 1.165) is 0 Å². The SMILES string of the molecule is c1cc(N(c2ccc3c(c2)sc2ccccc23)c2ccc3c(c2)sc2ccccc23)c2c(c1)ccc1c3ccccc3sc12. The van der Waals surface area contributed by atoms with Gasteiger partial charge >= 0.3 is 0 Å². The Morgan fingerprint density at radius 1 is 0.364 bits per heavy atom. The van der Waals surface area contributed by atoms with Crippen LogP contribution in [-0.2, 0) is 0 Å². The number of anilines is 3. The van der Waals surface area contributed by atoms with E-state index in [9.17, 15) is 0 Å². The third-order valence-corrected chi connectivity index (χ3v) is 12.3. The molecule has 4 heteroatoms. The molecule has 3 aromatic heterocycles. The Balaban J connectivity index is 1.29. The van der Waals surface area contributed by atoms with Gasteiger partial charge in [-0.05, 0) is 53.9 Å². The van der Waals surface area contributed by atoms with Gasteiger partial charge in [0.25, 0.3) is 0 Å². The van der Waals surface area contributed by atoms with Crippen LogP contribution in [0.5, 0.6) is 0 Å². The topological polar surface area (TPSA) is 3.24 Å². The van der Waals surface area contributed by atoms with Gasteiger partial charge in [0.2, 0.25) is 0 Å². The van der Waals surface area contributed by atoms with E-state index in [0.29, 0.717) is 0 Å². The predicted molar refractivity (Wildman–Crippen MR) is 197 cm³/mol. The number of thiophene rings is 3. The summed E-state index contributed by atoms with van der Waals surface area (Å²) in [7, 11) is 0. The van der Waals surface area contributed by atoms with Crippen molar-refractivity contribution in [3.05, 3.63) is 140 Å². The lowest BCUT2D eigenvalue weighted by Crippen LogP contribution is -2.10. The summed E-state index contributed by atoms with van der Waals surface area (Å²) in [4.78, 5) is 2.49. The second-order valence-electron chi connectivity index (χ2n) is 11.3. The molecule has 0 N–H and O–H groups in total. The van der Waals surface area contributed by atoms with Crippen molar-refractivity contribution < 1.29 is 0 Å². The summed E-state index contributed by atoms with van der Waals surface area (Å²) < 4.78 is 7.95. The number of nitrogens with zero attached hydrogens (tertiary/aromatic N) is 1. The summed E-state index contributed by atoms with van der Waals surface area (Å²) >= 11 is 5.65. The van der Waals surface area contributed by atoms with E-state index in [1.807, 2.05) is 34.0 Å². The lowest BCUT2D eigenvalue weighted by Gasteiger charge is -2.27. The van der Waals surface area contributed by atoms with E-state index in [1.54, 1.807) is 0 Å². The third kappa shape index (κ3) is 3.56. The molecule has 0 fully saturated rings. The van der Waals surface area contributed by atoms with E-state index in [-0.39, 0.29) is 0 Å². The summed E-state index contributed by atoms with van der Waals surface area (Å²) in [6.07, 6.45) is 0. The molecule has 0 spiro atoms. The van der Waals surface area contributed by atoms with Gasteiger partial charge in [0, 0.05) is 77.3 Å². The van der Waals surface area contributed by atoms with Crippen molar-refractivity contribution in [3.8, 4) is 0 Å². The van der Waals surface area contributed by atoms with Crippen molar-refractivity contribution in [1.29, 1.82) is 0 Å². The molecule has 0 atom stereocenters. The van der Waals surface area contributed by atoms with E-state index < -0.39 is 0 Å². The molecule has 0 aliphatic rings. The normalized spacial score (nSPS) is 12.1. The molecular weight excluding hydrogens is 591 g/mol. The van der Waals surface area contributed by atoms with Crippen LogP contribution in [0.3, 0.4) is 0 Å². The predicted octanol–water partition coefficient (Wildman–Crippen LogP) is 13.4. The van der Waals surface area contributed by atoms with Crippen molar-refractivity contribution >= 4 is 122 Å². The van der Waals surface area contributed by atoms with E-state index in [2.05, 4.69) is 144 Å². The fourth-order valence-electron chi connectivity index (χ4n) is 6.85. The molecule has 0 aliphatic heterocycles. The summed E-state index contributed by atoms with van der Waals surface area (Å²) in [6, 6.07) is 51.7. The highest BCUT2D eigenvalue weighted by Crippen LogP contribution is 2.48. The Morgan fingerprint density at radius 2 is 0.864 bits per heavy atom. The zero-order valence-corrected chi connectivity index (χ0v) is 25.9. The van der Waals surface area contributed by atoms with Gasteiger partial charge in [-0.3, -0.25) is 0 Å². The number of fused-ring (bicyclic) bond motifs is 11. The molecule has 10 aromatic rings. The van der Waals surface area contributed by atoms with Gasteiger partial charge in [-0.25, -0.2) is 0 Å². The van der Waals surface area contributed by atoms with Crippen LogP contribution in [0.2, 0.25) is 0 Å². The van der Waals surface area contributed by atoms with E-state index >= 15 is 0 Å². The van der Waals surface area contributed by atoms with Crippen LogP contribution in [0.25, 0.3) is 71.3 Å². The van der Waals surface area contributed by atoms with E-state index in [4.69, 9.17) is 0 Å². The summed E-state index contributed by atoms with van der Waals surface area (Å²) in [5.74, 6) is 0. The van der Waals surface area contributed by atoms with Gasteiger partial charge in [0.05, 0.1) is 5.69 Å². The summed E-state index contributed by atoms with van der Waals surface area (Å²) in [6.45, 7) is 0. The molecule has 0 unspecified atom stereocenters. The van der Waals surface area contributed by atoms with Crippen molar-refractivity contribution in [3.63, 3.8) is 0 Å². The summed E-state index contributed by atoms with van der Waals surface area (Å²) in [5.41, 5.74) is 3.56. The Bertz CT molecular complexity index is 2630. The first-order valence-corrected chi connectivity index (χ1v) is 17.2. The van der Waals surface area contributed by atoms with Crippen LogP contribution in [-0.4, -0.2) is 0 Å². The van der Waals surface area contributed by atoms with Crippen LogP contribution in [0, 0.1) is 0 Å². The fourth-order valence-corrected chi connectivity index (χ4v) is 10.4. The molecule has 7 aromatic carbocycles. The van der Waals surface area contributed by atoms with Gasteiger partial charge in [-0.1, -0.05) is 91.0 Å². The monoisotopic (exact) mass is 613 g/mol. The maximum absolute atomic E-state index is 2.49. The molecule has 206 valence electrons. The van der Waals surface area contributed by atoms with Crippen molar-refractivity contribution in [1.82, 2.24) is 0 Å². The van der Waals surface area contributed by atoms with Crippen LogP contribution in [0.1, 0.15) is 0 Å². The second-order valence-corrected chi connectivity index (χ2v) is 14.5. The van der Waals surface area contributed by atoms with Crippen molar-refractivity contribution in [2.75, 3.05) is 4.90 Å². The number of hydrogen-bond donors (Lipinski definition) is 0. The quantitative estimate of drug-likeness (QED) is 0.192. The molecule has 0 aliphatic carbocycles. The standard InChI is InChI=1S/C40H23NS3/c1-4-13-34-27(9-1)30-20-17-25(22-37(30)42-34)41(26-18-21-31-28-10-2-5-14-35(28)43-38(31)23-26)33-12-7-8-24-16-19-32-29-11-3-6-15-36(29)44-40(32)39(24)33/h1-23H. The van der Waals surface area contributed by atoms with Crippen LogP contribution in [0.4, 0.5) is 17.1 Å². The third-order valence-electron chi connectivity index (χ3n) is 8.85. The number of benzene rings is 7. The van der Waals surface area contributed by atoms with Crippen LogP contribution in [0.15, 0.2) is 140 Å². The van der Waals surface area contributed by atoms with Crippen molar-refractivity contribution in [2.45, 2.75) is 0 Å². The Hall–Kier alpha value is -4.74. The zero-order valence-electron chi connectivity index (χ0n) is 23.5. The maximum atomic E-state index is 2.49. The number of rotatable bonds is 3. The molecule has 1 nitrogen and oxygen atoms in total. The lowest BCUT2D eigenvalue weighted by atomic mass is 10.0. The van der Waals surface area contributed by atoms with Crippen LogP contribution < -0.4 is 4.90 Å². The Morgan fingerprint density at radius 3 is 1.48 bits per heavy atom. The van der Waals surface area contributed by atoms with Gasteiger partial charge in [0.1, 0.15) is 0 Å². The van der Waals surface area contributed by atoms with Gasteiger partial charge in [0.15, 0.2) is 0 Å². The highest BCUT2D eigenvalue weighted by molar-refractivity contribution is 7.27. The molecule has 10 rings (SSSR count). The first-order valence-electron chi connectivity index (χ1n) is 14.8. The van der Waals surface area contributed by atoms with Crippen molar-refractivity contribution in [2.24, 2.45) is 0 Å². The van der Waals surface area contributed by atoms with Crippen LogP contribution >= 0.6 is 34.0 Å².